The Bertz CT molecular complexity index is 1750. The number of carbonyl (C=O) groups excluding carboxylic acids is 2. The van der Waals surface area contributed by atoms with Gasteiger partial charge in [0, 0.05) is 41.2 Å². The summed E-state index contributed by atoms with van der Waals surface area (Å²) in [6.45, 7) is 1.77. The van der Waals surface area contributed by atoms with Crippen LogP contribution in [-0.2, 0) is 21.5 Å². The van der Waals surface area contributed by atoms with E-state index in [1.807, 2.05) is 31.3 Å². The van der Waals surface area contributed by atoms with Crippen LogP contribution in [0.5, 0.6) is 5.75 Å². The number of methoxy groups -OCH3 is 1. The summed E-state index contributed by atoms with van der Waals surface area (Å²) in [7, 11) is 1.13. The highest BCUT2D eigenvalue weighted by Crippen LogP contribution is 2.47. The molecule has 0 saturated heterocycles. The average molecular weight is 633 g/mol. The van der Waals surface area contributed by atoms with Crippen LogP contribution in [0.4, 0.5) is 0 Å². The lowest BCUT2D eigenvalue weighted by Gasteiger charge is -2.24. The van der Waals surface area contributed by atoms with E-state index >= 15 is 0 Å². The van der Waals surface area contributed by atoms with Gasteiger partial charge in [0.05, 0.1) is 25.9 Å². The third-order valence-corrected chi connectivity index (χ3v) is 11.2. The number of hydrogen-bond donors (Lipinski definition) is 1. The molecular formula is C35H44N4O5S. The zero-order valence-corrected chi connectivity index (χ0v) is 27.4. The van der Waals surface area contributed by atoms with Crippen molar-refractivity contribution in [3.8, 4) is 17.0 Å². The van der Waals surface area contributed by atoms with E-state index in [2.05, 4.69) is 20.3 Å². The van der Waals surface area contributed by atoms with Gasteiger partial charge in [0.25, 0.3) is 5.91 Å². The van der Waals surface area contributed by atoms with Crippen molar-refractivity contribution >= 4 is 38.9 Å². The maximum absolute atomic E-state index is 14.0. The van der Waals surface area contributed by atoms with Crippen LogP contribution in [0.1, 0.15) is 85.2 Å². The maximum Gasteiger partial charge on any atom is 0.303 e. The quantitative estimate of drug-likeness (QED) is 0.387. The Morgan fingerprint density at radius 3 is 2.36 bits per heavy atom. The summed E-state index contributed by atoms with van der Waals surface area (Å²) in [6, 6.07) is 11.5. The molecule has 10 heteroatoms. The number of amides is 1. The highest BCUT2D eigenvalue weighted by molar-refractivity contribution is 7.87. The number of rotatable bonds is 2. The summed E-state index contributed by atoms with van der Waals surface area (Å²) in [5.74, 6) is 0.475. The van der Waals surface area contributed by atoms with Crippen molar-refractivity contribution in [2.45, 2.75) is 70.3 Å². The van der Waals surface area contributed by atoms with E-state index in [1.54, 1.807) is 19.2 Å². The predicted octanol–water partition coefficient (Wildman–Crippen LogP) is 5.74. The van der Waals surface area contributed by atoms with Crippen LogP contribution in [-0.4, -0.2) is 74.7 Å². The van der Waals surface area contributed by atoms with Gasteiger partial charge in [0.1, 0.15) is 5.75 Å². The minimum atomic E-state index is -4.00. The SMILES string of the molecule is COc1ccc2c(c1)C=C1Cn3c-2c(C2CCCCC2)c2ccc(cc23)C(=O)NS(=O)(=O)N(C)CCCCCCN(C)CC1=O. The topological polar surface area (TPSA) is 101 Å². The first-order valence-electron chi connectivity index (χ1n) is 16.2. The highest BCUT2D eigenvalue weighted by Gasteiger charge is 2.31. The van der Waals surface area contributed by atoms with Crippen LogP contribution in [0.25, 0.3) is 28.2 Å². The zero-order valence-electron chi connectivity index (χ0n) is 26.6. The van der Waals surface area contributed by atoms with E-state index in [-0.39, 0.29) is 11.3 Å². The number of Topliss-reactive ketones (excluding diaryl/α,β-unsaturated/α-hetero) is 1. The molecule has 0 unspecified atom stereocenters. The highest BCUT2D eigenvalue weighted by atomic mass is 32.2. The van der Waals surface area contributed by atoms with Gasteiger partial charge in [-0.3, -0.25) is 14.5 Å². The van der Waals surface area contributed by atoms with Gasteiger partial charge in [0.15, 0.2) is 5.78 Å². The van der Waals surface area contributed by atoms with E-state index in [9.17, 15) is 18.0 Å². The number of carbonyl (C=O) groups is 2. The molecule has 240 valence electrons. The molecule has 1 aliphatic carbocycles. The molecule has 0 radical (unpaired) electrons. The fraction of sp³-hybridized carbons (Fsp3) is 0.486. The van der Waals surface area contributed by atoms with Crippen LogP contribution >= 0.6 is 0 Å². The summed E-state index contributed by atoms with van der Waals surface area (Å²) in [6.07, 6.45) is 11.1. The zero-order chi connectivity index (χ0) is 31.7. The summed E-state index contributed by atoms with van der Waals surface area (Å²) in [4.78, 5) is 29.5. The summed E-state index contributed by atoms with van der Waals surface area (Å²) in [5.41, 5.74) is 6.07. The number of ether oxygens (including phenoxy) is 1. The van der Waals surface area contributed by atoms with Gasteiger partial charge < -0.3 is 9.30 Å². The standard InChI is InChI=1S/C35H44N4O5S/c1-37-17-9-4-5-10-18-38(2)45(42,43)36-35(41)25-13-15-30-31(21-25)39-22-27(32(40)23-37)19-26-20-28(44-3)14-16-29(26)34(39)33(30)24-11-7-6-8-12-24/h13-16,19-21,24H,4-12,17-18,22-23H2,1-3H3,(H,36,41). The van der Waals surface area contributed by atoms with Crippen LogP contribution in [0, 0.1) is 0 Å². The first-order valence-corrected chi connectivity index (χ1v) is 17.7. The van der Waals surface area contributed by atoms with E-state index in [4.69, 9.17) is 4.74 Å². The van der Waals surface area contributed by atoms with Crippen molar-refractivity contribution in [1.29, 1.82) is 0 Å². The Morgan fingerprint density at radius 1 is 0.867 bits per heavy atom. The number of likely N-dealkylation sites (N-methyl/N-ethyl adjacent to an activating group) is 1. The first-order chi connectivity index (χ1) is 21.7. The molecule has 2 aliphatic heterocycles. The van der Waals surface area contributed by atoms with Crippen molar-refractivity contribution in [2.75, 3.05) is 40.8 Å². The third kappa shape index (κ3) is 6.46. The molecule has 1 aromatic heterocycles. The molecule has 0 spiro atoms. The van der Waals surface area contributed by atoms with Gasteiger partial charge in [-0.05, 0) is 92.7 Å². The fourth-order valence-corrected chi connectivity index (χ4v) is 8.10. The van der Waals surface area contributed by atoms with E-state index in [0.29, 0.717) is 37.5 Å². The molecule has 3 aliphatic rings. The summed E-state index contributed by atoms with van der Waals surface area (Å²) >= 11 is 0. The smallest absolute Gasteiger partial charge is 0.303 e. The minimum absolute atomic E-state index is 0.0692. The van der Waals surface area contributed by atoms with Crippen molar-refractivity contribution in [1.82, 2.24) is 18.5 Å². The lowest BCUT2D eigenvalue weighted by atomic mass is 9.81. The molecular weight excluding hydrogens is 588 g/mol. The van der Waals surface area contributed by atoms with Crippen LogP contribution < -0.4 is 9.46 Å². The number of aromatic nitrogens is 1. The van der Waals surface area contributed by atoms with Crippen LogP contribution in [0.2, 0.25) is 0 Å². The van der Waals surface area contributed by atoms with Gasteiger partial charge in [-0.15, -0.1) is 0 Å². The van der Waals surface area contributed by atoms with Crippen molar-refractivity contribution in [2.24, 2.45) is 0 Å². The second-order valence-corrected chi connectivity index (χ2v) is 14.6. The number of ketones is 1. The third-order valence-electron chi connectivity index (χ3n) is 9.72. The lowest BCUT2D eigenvalue weighted by molar-refractivity contribution is -0.116. The van der Waals surface area contributed by atoms with E-state index in [1.165, 1.54) is 23.3 Å². The predicted molar refractivity (Wildman–Crippen MR) is 178 cm³/mol. The number of nitrogens with one attached hydrogen (secondary N) is 1. The van der Waals surface area contributed by atoms with E-state index < -0.39 is 16.1 Å². The van der Waals surface area contributed by atoms with E-state index in [0.717, 1.165) is 85.0 Å². The number of nitrogens with zero attached hydrogens (tertiary/aromatic N) is 3. The Labute approximate surface area is 266 Å². The normalized spacial score (nSPS) is 21.0. The van der Waals surface area contributed by atoms with Gasteiger partial charge in [0.2, 0.25) is 0 Å². The molecule has 4 bridgehead atoms. The first kappa shape index (κ1) is 31.5. The molecule has 0 atom stereocenters. The van der Waals surface area contributed by atoms with Crippen molar-refractivity contribution < 1.29 is 22.7 Å². The lowest BCUT2D eigenvalue weighted by Crippen LogP contribution is -2.41. The monoisotopic (exact) mass is 632 g/mol. The molecule has 3 aromatic rings. The number of fused-ring (bicyclic) bond motifs is 4. The second kappa shape index (κ2) is 13.1. The van der Waals surface area contributed by atoms with Crippen molar-refractivity contribution in [3.05, 3.63) is 58.7 Å². The number of benzene rings is 2. The van der Waals surface area contributed by atoms with Crippen molar-refractivity contribution in [3.63, 3.8) is 0 Å². The molecule has 6 rings (SSSR count). The Kier molecular flexibility index (Phi) is 9.17. The van der Waals surface area contributed by atoms with Gasteiger partial charge >= 0.3 is 10.2 Å². The molecule has 2 aromatic carbocycles. The van der Waals surface area contributed by atoms with Crippen LogP contribution in [0.15, 0.2) is 42.0 Å². The summed E-state index contributed by atoms with van der Waals surface area (Å²) in [5, 5.41) is 1.05. The van der Waals surface area contributed by atoms with Gasteiger partial charge in [-0.2, -0.15) is 12.7 Å². The van der Waals surface area contributed by atoms with Crippen LogP contribution in [0.3, 0.4) is 0 Å². The van der Waals surface area contributed by atoms with Gasteiger partial charge in [-0.1, -0.05) is 38.2 Å². The Morgan fingerprint density at radius 2 is 1.60 bits per heavy atom. The molecule has 1 amide bonds. The fourth-order valence-electron chi connectivity index (χ4n) is 7.22. The molecule has 3 heterocycles. The maximum atomic E-state index is 14.0. The molecule has 1 fully saturated rings. The Balaban J connectivity index is 1.56. The number of hydrogen-bond acceptors (Lipinski definition) is 6. The molecule has 9 nitrogen and oxygen atoms in total. The average Bonchev–Trinajstić information content (AvgIpc) is 3.24. The Hall–Kier alpha value is -3.47. The summed E-state index contributed by atoms with van der Waals surface area (Å²) < 4.78 is 37.5. The minimum Gasteiger partial charge on any atom is -0.497 e. The largest absolute Gasteiger partial charge is 0.497 e. The molecule has 45 heavy (non-hydrogen) atoms. The van der Waals surface area contributed by atoms with Gasteiger partial charge in [-0.25, -0.2) is 4.72 Å². The second-order valence-electron chi connectivity index (χ2n) is 12.9. The molecule has 1 N–H and O–H groups in total. The molecule has 1 saturated carbocycles.